The highest BCUT2D eigenvalue weighted by Gasteiger charge is 2.13. The molecule has 0 amide bonds. The van der Waals surface area contributed by atoms with E-state index in [1.54, 1.807) is 7.11 Å². The van der Waals surface area contributed by atoms with Gasteiger partial charge in [0.15, 0.2) is 0 Å². The summed E-state index contributed by atoms with van der Waals surface area (Å²) >= 11 is 0. The van der Waals surface area contributed by atoms with Gasteiger partial charge in [0, 0.05) is 39.3 Å². The number of nitrogens with zero attached hydrogens (tertiary/aromatic N) is 2. The van der Waals surface area contributed by atoms with Gasteiger partial charge < -0.3 is 9.47 Å². The highest BCUT2D eigenvalue weighted by molar-refractivity contribution is 5.85. The fraction of sp³-hybridized carbons (Fsp3) is 0.429. The first-order chi connectivity index (χ1) is 12.3. The Morgan fingerprint density at radius 2 is 1.48 bits per heavy atom. The zero-order valence-electron chi connectivity index (χ0n) is 15.9. The molecule has 1 heterocycles. The van der Waals surface area contributed by atoms with Gasteiger partial charge in [-0.3, -0.25) is 9.80 Å². The molecule has 6 heteroatoms. The summed E-state index contributed by atoms with van der Waals surface area (Å²) in [4.78, 5) is 5.02. The summed E-state index contributed by atoms with van der Waals surface area (Å²) in [5, 5.41) is 0. The first-order valence-electron chi connectivity index (χ1n) is 9.03. The molecule has 0 bridgehead atoms. The largest absolute Gasteiger partial charge is 0.497 e. The molecule has 0 aliphatic carbocycles. The van der Waals surface area contributed by atoms with Gasteiger partial charge in [-0.25, -0.2) is 0 Å². The molecule has 150 valence electrons. The van der Waals surface area contributed by atoms with Crippen molar-refractivity contribution in [2.24, 2.45) is 0 Å². The Kier molecular flexibility index (Phi) is 11.4. The number of benzene rings is 2. The Labute approximate surface area is 175 Å². The summed E-state index contributed by atoms with van der Waals surface area (Å²) in [6.07, 6.45) is 0. The molecule has 1 aliphatic rings. The summed E-state index contributed by atoms with van der Waals surface area (Å²) < 4.78 is 10.7. The lowest BCUT2D eigenvalue weighted by Crippen LogP contribution is -2.41. The Morgan fingerprint density at radius 3 is 2.07 bits per heavy atom. The van der Waals surface area contributed by atoms with E-state index in [4.69, 9.17) is 9.47 Å². The van der Waals surface area contributed by atoms with Gasteiger partial charge in [0.25, 0.3) is 0 Å². The minimum absolute atomic E-state index is 0. The monoisotopic (exact) mass is 412 g/mol. The van der Waals surface area contributed by atoms with Crippen molar-refractivity contribution in [3.8, 4) is 5.75 Å². The topological polar surface area (TPSA) is 24.9 Å². The van der Waals surface area contributed by atoms with Crippen LogP contribution >= 0.6 is 24.8 Å². The smallest absolute Gasteiger partial charge is 0.118 e. The predicted molar refractivity (Wildman–Crippen MR) is 115 cm³/mol. The normalized spacial score (nSPS) is 14.3. The van der Waals surface area contributed by atoms with Crippen LogP contribution in [-0.2, 0) is 17.8 Å². The first kappa shape index (κ1) is 23.7. The van der Waals surface area contributed by atoms with Crippen LogP contribution in [0.1, 0.15) is 11.1 Å². The second kappa shape index (κ2) is 13.0. The van der Waals surface area contributed by atoms with Gasteiger partial charge in [-0.05, 0) is 23.3 Å². The zero-order valence-corrected chi connectivity index (χ0v) is 17.5. The van der Waals surface area contributed by atoms with Crippen LogP contribution in [0.15, 0.2) is 54.6 Å². The van der Waals surface area contributed by atoms with E-state index in [2.05, 4.69) is 52.3 Å². The molecule has 3 rings (SSSR count). The van der Waals surface area contributed by atoms with Gasteiger partial charge in [0.2, 0.25) is 0 Å². The molecule has 27 heavy (non-hydrogen) atoms. The van der Waals surface area contributed by atoms with Crippen molar-refractivity contribution < 1.29 is 9.47 Å². The molecule has 0 saturated carbocycles. The van der Waals surface area contributed by atoms with Crippen LogP contribution in [0, 0.1) is 0 Å². The number of ether oxygens (including phenoxy) is 2. The summed E-state index contributed by atoms with van der Waals surface area (Å²) in [6.45, 7) is 7.87. The van der Waals surface area contributed by atoms with Gasteiger partial charge in [0.1, 0.15) is 5.75 Å². The molecule has 0 aromatic heterocycles. The van der Waals surface area contributed by atoms with E-state index in [0.29, 0.717) is 0 Å². The van der Waals surface area contributed by atoms with Crippen molar-refractivity contribution in [3.63, 3.8) is 0 Å². The highest BCUT2D eigenvalue weighted by Crippen LogP contribution is 2.15. The molecule has 2 aromatic carbocycles. The van der Waals surface area contributed by atoms with Crippen molar-refractivity contribution in [1.82, 2.24) is 9.80 Å². The SMILES string of the molecule is COc1ccc(CN(CCN2CCOCC2)Cc2ccccc2)cc1.Cl.Cl. The third kappa shape index (κ3) is 8.08. The van der Waals surface area contributed by atoms with E-state index >= 15 is 0 Å². The highest BCUT2D eigenvalue weighted by atomic mass is 35.5. The van der Waals surface area contributed by atoms with Crippen molar-refractivity contribution >= 4 is 24.8 Å². The second-order valence-electron chi connectivity index (χ2n) is 6.50. The summed E-state index contributed by atoms with van der Waals surface area (Å²) in [7, 11) is 1.71. The number of morpholine rings is 1. The quantitative estimate of drug-likeness (QED) is 0.656. The molecule has 0 radical (unpaired) electrons. The molecular weight excluding hydrogens is 383 g/mol. The number of methoxy groups -OCH3 is 1. The van der Waals surface area contributed by atoms with Gasteiger partial charge in [-0.1, -0.05) is 42.5 Å². The van der Waals surface area contributed by atoms with Crippen LogP contribution in [0.4, 0.5) is 0 Å². The van der Waals surface area contributed by atoms with E-state index in [0.717, 1.165) is 58.2 Å². The number of rotatable bonds is 8. The fourth-order valence-electron chi connectivity index (χ4n) is 3.15. The maximum atomic E-state index is 5.45. The van der Waals surface area contributed by atoms with Crippen LogP contribution in [-0.4, -0.2) is 56.3 Å². The summed E-state index contributed by atoms with van der Waals surface area (Å²) in [5.41, 5.74) is 2.68. The average molecular weight is 413 g/mol. The minimum Gasteiger partial charge on any atom is -0.497 e. The Morgan fingerprint density at radius 1 is 0.889 bits per heavy atom. The van der Waals surface area contributed by atoms with Crippen LogP contribution in [0.25, 0.3) is 0 Å². The van der Waals surface area contributed by atoms with E-state index in [1.807, 2.05) is 12.1 Å². The van der Waals surface area contributed by atoms with Gasteiger partial charge in [-0.2, -0.15) is 0 Å². The average Bonchev–Trinajstić information content (AvgIpc) is 2.68. The first-order valence-corrected chi connectivity index (χ1v) is 9.03. The molecule has 2 aromatic rings. The molecule has 0 spiro atoms. The molecule has 0 atom stereocenters. The maximum Gasteiger partial charge on any atom is 0.118 e. The minimum atomic E-state index is 0. The molecule has 0 N–H and O–H groups in total. The van der Waals surface area contributed by atoms with Crippen LogP contribution in [0.2, 0.25) is 0 Å². The van der Waals surface area contributed by atoms with E-state index in [9.17, 15) is 0 Å². The molecule has 4 nitrogen and oxygen atoms in total. The Hall–Kier alpha value is -1.30. The van der Waals surface area contributed by atoms with Crippen LogP contribution < -0.4 is 4.74 Å². The second-order valence-corrected chi connectivity index (χ2v) is 6.50. The lowest BCUT2D eigenvalue weighted by Gasteiger charge is -2.30. The van der Waals surface area contributed by atoms with Gasteiger partial charge in [0.05, 0.1) is 20.3 Å². The summed E-state index contributed by atoms with van der Waals surface area (Å²) in [5.74, 6) is 0.909. The Balaban J connectivity index is 0.00000182. The molecule has 1 saturated heterocycles. The van der Waals surface area contributed by atoms with E-state index in [-0.39, 0.29) is 24.8 Å². The van der Waals surface area contributed by atoms with Crippen LogP contribution in [0.5, 0.6) is 5.75 Å². The van der Waals surface area contributed by atoms with Crippen molar-refractivity contribution in [1.29, 1.82) is 0 Å². The third-order valence-electron chi connectivity index (χ3n) is 4.65. The zero-order chi connectivity index (χ0) is 17.3. The van der Waals surface area contributed by atoms with Crippen molar-refractivity contribution in [2.45, 2.75) is 13.1 Å². The maximum absolute atomic E-state index is 5.45. The predicted octanol–water partition coefficient (Wildman–Crippen LogP) is 3.87. The number of halogens is 2. The molecule has 1 aliphatic heterocycles. The van der Waals surface area contributed by atoms with Crippen molar-refractivity contribution in [2.75, 3.05) is 46.5 Å². The lowest BCUT2D eigenvalue weighted by molar-refractivity contribution is 0.0325. The van der Waals surface area contributed by atoms with E-state index < -0.39 is 0 Å². The van der Waals surface area contributed by atoms with Crippen molar-refractivity contribution in [3.05, 3.63) is 65.7 Å². The third-order valence-corrected chi connectivity index (χ3v) is 4.65. The van der Waals surface area contributed by atoms with Gasteiger partial charge >= 0.3 is 0 Å². The van der Waals surface area contributed by atoms with Crippen LogP contribution in [0.3, 0.4) is 0 Å². The number of hydrogen-bond acceptors (Lipinski definition) is 4. The molecular formula is C21H30Cl2N2O2. The number of hydrogen-bond donors (Lipinski definition) is 0. The van der Waals surface area contributed by atoms with E-state index in [1.165, 1.54) is 11.1 Å². The molecule has 0 unspecified atom stereocenters. The Bertz CT molecular complexity index is 620. The van der Waals surface area contributed by atoms with Gasteiger partial charge in [-0.15, -0.1) is 24.8 Å². The standard InChI is InChI=1S/C21H28N2O2.2ClH/c1-24-21-9-7-20(8-10-21)18-23(17-19-5-3-2-4-6-19)12-11-22-13-15-25-16-14-22;;/h2-10H,11-18H2,1H3;2*1H. The lowest BCUT2D eigenvalue weighted by atomic mass is 10.1. The summed E-state index contributed by atoms with van der Waals surface area (Å²) in [6, 6.07) is 19.1. The fourth-order valence-corrected chi connectivity index (χ4v) is 3.15. The molecule has 1 fully saturated rings.